The van der Waals surface area contributed by atoms with Gasteiger partial charge in [-0.1, -0.05) is 13.0 Å². The number of nitrogens with one attached hydrogen (secondary N) is 1. The molecule has 1 saturated heterocycles. The predicted octanol–water partition coefficient (Wildman–Crippen LogP) is 4.77. The Morgan fingerprint density at radius 2 is 2.17 bits per heavy atom. The van der Waals surface area contributed by atoms with Crippen LogP contribution in [0.15, 0.2) is 41.0 Å². The highest BCUT2D eigenvalue weighted by Gasteiger charge is 2.22. The first-order chi connectivity index (χ1) is 11.5. The summed E-state index contributed by atoms with van der Waals surface area (Å²) in [4.78, 5) is 19.0. The Bertz CT molecular complexity index is 747. The Labute approximate surface area is 151 Å². The topological polar surface area (TPSA) is 45.2 Å². The number of hydrogen-bond acceptors (Lipinski definition) is 3. The largest absolute Gasteiger partial charge is 0.339 e. The normalized spacial score (nSPS) is 17.6. The van der Waals surface area contributed by atoms with Gasteiger partial charge in [0.05, 0.1) is 5.69 Å². The average Bonchev–Trinajstić information content (AvgIpc) is 2.57. The summed E-state index contributed by atoms with van der Waals surface area (Å²) in [6, 6.07) is 9.70. The first-order valence-corrected chi connectivity index (χ1v) is 9.11. The highest BCUT2D eigenvalue weighted by Crippen LogP contribution is 2.26. The third-order valence-corrected chi connectivity index (χ3v) is 4.99. The predicted molar refractivity (Wildman–Crippen MR) is 101 cm³/mol. The molecule has 1 N–H and O–H groups in total. The Balaban J connectivity index is 1.77. The second-order valence-corrected chi connectivity index (χ2v) is 7.39. The number of amides is 1. The van der Waals surface area contributed by atoms with E-state index in [-0.39, 0.29) is 5.91 Å². The van der Waals surface area contributed by atoms with Gasteiger partial charge in [0.1, 0.15) is 5.82 Å². The number of carbonyl (C=O) groups excluding carboxylic acids is 1. The van der Waals surface area contributed by atoms with Gasteiger partial charge in [-0.15, -0.1) is 0 Å². The van der Waals surface area contributed by atoms with Gasteiger partial charge in [-0.2, -0.15) is 0 Å². The first kappa shape index (κ1) is 17.0. The minimum absolute atomic E-state index is 0.0926. The number of aromatic nitrogens is 1. The van der Waals surface area contributed by atoms with Crippen LogP contribution in [0.25, 0.3) is 0 Å². The minimum Gasteiger partial charge on any atom is -0.339 e. The van der Waals surface area contributed by atoms with Crippen molar-refractivity contribution in [2.75, 3.05) is 18.4 Å². The summed E-state index contributed by atoms with van der Waals surface area (Å²) < 4.78 is 0.978. The lowest BCUT2D eigenvalue weighted by Gasteiger charge is -2.31. The van der Waals surface area contributed by atoms with Crippen molar-refractivity contribution in [3.8, 4) is 0 Å². The third kappa shape index (κ3) is 3.96. The molecule has 2 heterocycles. The van der Waals surface area contributed by atoms with Crippen molar-refractivity contribution in [1.29, 1.82) is 0 Å². The molecular weight excluding hydrogens is 366 g/mol. The molecule has 0 radical (unpaired) electrons. The summed E-state index contributed by atoms with van der Waals surface area (Å²) in [5.41, 5.74) is 2.80. The Hall–Kier alpha value is -1.88. The zero-order valence-corrected chi connectivity index (χ0v) is 15.6. The number of aryl methyl sites for hydroxylation is 1. The van der Waals surface area contributed by atoms with Gasteiger partial charge in [0.15, 0.2) is 0 Å². The molecule has 0 aliphatic carbocycles. The molecule has 1 aromatic heterocycles. The van der Waals surface area contributed by atoms with E-state index in [9.17, 15) is 4.79 Å². The molecule has 0 bridgehead atoms. The van der Waals surface area contributed by atoms with Crippen LogP contribution in [0.2, 0.25) is 0 Å². The van der Waals surface area contributed by atoms with Crippen LogP contribution in [0.5, 0.6) is 0 Å². The third-order valence-electron chi connectivity index (χ3n) is 4.34. The van der Waals surface area contributed by atoms with E-state index >= 15 is 0 Å². The van der Waals surface area contributed by atoms with Gasteiger partial charge in [0.2, 0.25) is 0 Å². The zero-order valence-electron chi connectivity index (χ0n) is 14.1. The fourth-order valence-electron chi connectivity index (χ4n) is 3.05. The van der Waals surface area contributed by atoms with Gasteiger partial charge in [0.25, 0.3) is 5.91 Å². The van der Waals surface area contributed by atoms with E-state index in [1.165, 1.54) is 12.0 Å². The number of anilines is 2. The first-order valence-electron chi connectivity index (χ1n) is 8.31. The molecule has 1 aliphatic rings. The molecular formula is C19H22BrN3O. The Morgan fingerprint density at radius 1 is 1.33 bits per heavy atom. The van der Waals surface area contributed by atoms with Gasteiger partial charge in [0, 0.05) is 29.3 Å². The van der Waals surface area contributed by atoms with E-state index in [0.717, 1.165) is 29.7 Å². The molecule has 5 heteroatoms. The molecule has 1 amide bonds. The maximum atomic E-state index is 12.7. The summed E-state index contributed by atoms with van der Waals surface area (Å²) >= 11 is 3.56. The van der Waals surface area contributed by atoms with Crippen LogP contribution in [0.3, 0.4) is 0 Å². The fourth-order valence-corrected chi connectivity index (χ4v) is 3.64. The Kier molecular flexibility index (Phi) is 5.19. The number of rotatable bonds is 3. The van der Waals surface area contributed by atoms with E-state index in [1.54, 1.807) is 12.3 Å². The molecule has 2 aromatic rings. The van der Waals surface area contributed by atoms with E-state index in [1.807, 2.05) is 36.1 Å². The molecule has 1 unspecified atom stereocenters. The quantitative estimate of drug-likeness (QED) is 0.824. The molecule has 126 valence electrons. The van der Waals surface area contributed by atoms with Crippen LogP contribution in [0, 0.1) is 12.8 Å². The van der Waals surface area contributed by atoms with Gasteiger partial charge >= 0.3 is 0 Å². The molecule has 4 nitrogen and oxygen atoms in total. The van der Waals surface area contributed by atoms with Crippen molar-refractivity contribution in [1.82, 2.24) is 9.88 Å². The molecule has 1 atom stereocenters. The molecule has 1 aliphatic heterocycles. The van der Waals surface area contributed by atoms with E-state index in [2.05, 4.69) is 33.2 Å². The standard InChI is InChI=1S/C19H22BrN3O/c1-13-5-6-17(16(20)10-13)22-18-11-15(7-8-21-18)19(24)23-9-3-4-14(2)12-23/h5-8,10-11,14H,3-4,9,12H2,1-2H3,(H,21,22). The van der Waals surface area contributed by atoms with Gasteiger partial charge in [-0.25, -0.2) is 4.98 Å². The number of benzene rings is 1. The number of piperidine rings is 1. The lowest BCUT2D eigenvalue weighted by molar-refractivity contribution is 0.0683. The SMILES string of the molecule is Cc1ccc(Nc2cc(C(=O)N3CCCC(C)C3)ccn2)c(Br)c1. The van der Waals surface area contributed by atoms with Crippen molar-refractivity contribution in [3.05, 3.63) is 52.1 Å². The monoisotopic (exact) mass is 387 g/mol. The molecule has 1 aromatic carbocycles. The second kappa shape index (κ2) is 7.34. The van der Waals surface area contributed by atoms with Crippen LogP contribution < -0.4 is 5.32 Å². The number of carbonyl (C=O) groups is 1. The van der Waals surface area contributed by atoms with Crippen molar-refractivity contribution in [3.63, 3.8) is 0 Å². The average molecular weight is 388 g/mol. The number of nitrogens with zero attached hydrogens (tertiary/aromatic N) is 2. The lowest BCUT2D eigenvalue weighted by atomic mass is 9.99. The summed E-state index contributed by atoms with van der Waals surface area (Å²) in [7, 11) is 0. The fraction of sp³-hybridized carbons (Fsp3) is 0.368. The number of likely N-dealkylation sites (tertiary alicyclic amines) is 1. The Morgan fingerprint density at radius 3 is 2.92 bits per heavy atom. The van der Waals surface area contributed by atoms with Crippen LogP contribution >= 0.6 is 15.9 Å². The molecule has 1 fully saturated rings. The van der Waals surface area contributed by atoms with Gasteiger partial charge in [-0.3, -0.25) is 4.79 Å². The highest BCUT2D eigenvalue weighted by atomic mass is 79.9. The maximum Gasteiger partial charge on any atom is 0.254 e. The number of halogens is 1. The van der Waals surface area contributed by atoms with Crippen LogP contribution in [0.4, 0.5) is 11.5 Å². The summed E-state index contributed by atoms with van der Waals surface area (Å²) in [6.07, 6.45) is 3.97. The molecule has 24 heavy (non-hydrogen) atoms. The van der Waals surface area contributed by atoms with Crippen molar-refractivity contribution >= 4 is 33.3 Å². The summed E-state index contributed by atoms with van der Waals surface area (Å²) in [5, 5.41) is 3.28. The van der Waals surface area contributed by atoms with E-state index < -0.39 is 0 Å². The smallest absolute Gasteiger partial charge is 0.254 e. The number of pyridine rings is 1. The summed E-state index contributed by atoms with van der Waals surface area (Å²) in [6.45, 7) is 5.94. The highest BCUT2D eigenvalue weighted by molar-refractivity contribution is 9.10. The molecule has 0 saturated carbocycles. The van der Waals surface area contributed by atoms with Crippen molar-refractivity contribution < 1.29 is 4.79 Å². The van der Waals surface area contributed by atoms with Crippen molar-refractivity contribution in [2.45, 2.75) is 26.7 Å². The number of hydrogen-bond donors (Lipinski definition) is 1. The van der Waals surface area contributed by atoms with Crippen LogP contribution in [-0.2, 0) is 0 Å². The minimum atomic E-state index is 0.0926. The van der Waals surface area contributed by atoms with Gasteiger partial charge < -0.3 is 10.2 Å². The summed E-state index contributed by atoms with van der Waals surface area (Å²) in [5.74, 6) is 1.34. The van der Waals surface area contributed by atoms with E-state index in [0.29, 0.717) is 17.3 Å². The maximum absolute atomic E-state index is 12.7. The van der Waals surface area contributed by atoms with Crippen LogP contribution in [0.1, 0.15) is 35.7 Å². The second-order valence-electron chi connectivity index (χ2n) is 6.54. The molecule has 0 spiro atoms. The van der Waals surface area contributed by atoms with Gasteiger partial charge in [-0.05, 0) is 71.4 Å². The van der Waals surface area contributed by atoms with E-state index in [4.69, 9.17) is 0 Å². The lowest BCUT2D eigenvalue weighted by Crippen LogP contribution is -2.39. The van der Waals surface area contributed by atoms with Crippen molar-refractivity contribution in [2.24, 2.45) is 5.92 Å². The van der Waals surface area contributed by atoms with Crippen LogP contribution in [-0.4, -0.2) is 28.9 Å². The zero-order chi connectivity index (χ0) is 17.1. The molecule has 3 rings (SSSR count).